The third-order valence-corrected chi connectivity index (χ3v) is 6.11. The molecule has 0 radical (unpaired) electrons. The van der Waals surface area contributed by atoms with E-state index in [1.807, 2.05) is 35.4 Å². The van der Waals surface area contributed by atoms with Crippen molar-refractivity contribution in [3.8, 4) is 16.4 Å². The van der Waals surface area contributed by atoms with Crippen molar-refractivity contribution in [1.82, 2.24) is 24.6 Å². The Morgan fingerprint density at radius 3 is 2.83 bits per heavy atom. The van der Waals surface area contributed by atoms with Crippen LogP contribution in [0.3, 0.4) is 0 Å². The van der Waals surface area contributed by atoms with Crippen LogP contribution in [-0.2, 0) is 19.5 Å². The van der Waals surface area contributed by atoms with E-state index < -0.39 is 0 Å². The molecule has 3 aromatic heterocycles. The molecule has 1 aliphatic heterocycles. The number of thiophene rings is 1. The predicted octanol–water partition coefficient (Wildman–Crippen LogP) is 4.40. The van der Waals surface area contributed by atoms with Gasteiger partial charge in [-0.15, -0.1) is 11.3 Å². The highest BCUT2D eigenvalue weighted by Crippen LogP contribution is 2.25. The van der Waals surface area contributed by atoms with E-state index >= 15 is 0 Å². The zero-order valence-electron chi connectivity index (χ0n) is 16.0. The Hall–Kier alpha value is -2.90. The molecule has 0 saturated carbocycles. The smallest absolute Gasteiger partial charge is 0.169 e. The number of aryl methyl sites for hydroxylation is 1. The van der Waals surface area contributed by atoms with Gasteiger partial charge in [0.15, 0.2) is 5.82 Å². The fourth-order valence-corrected chi connectivity index (χ4v) is 4.32. The van der Waals surface area contributed by atoms with Gasteiger partial charge in [0.1, 0.15) is 5.82 Å². The second-order valence-electron chi connectivity index (χ2n) is 7.26. The maximum Gasteiger partial charge on any atom is 0.169 e. The van der Waals surface area contributed by atoms with Crippen molar-refractivity contribution in [1.29, 1.82) is 0 Å². The van der Waals surface area contributed by atoms with Gasteiger partial charge in [-0.3, -0.25) is 4.90 Å². The van der Waals surface area contributed by atoms with Gasteiger partial charge < -0.3 is 0 Å². The third-order valence-electron chi connectivity index (χ3n) is 5.24. The molecule has 0 N–H and O–H groups in total. The van der Waals surface area contributed by atoms with Crippen molar-refractivity contribution in [3.63, 3.8) is 0 Å². The van der Waals surface area contributed by atoms with Crippen molar-refractivity contribution in [2.45, 2.75) is 26.4 Å². The normalized spacial score (nSPS) is 14.1. The Morgan fingerprint density at radius 2 is 2.03 bits per heavy atom. The number of aromatic nitrogens is 4. The summed E-state index contributed by atoms with van der Waals surface area (Å²) in [4.78, 5) is 12.9. The summed E-state index contributed by atoms with van der Waals surface area (Å²) in [7, 11) is 0. The molecule has 0 atom stereocenters. The van der Waals surface area contributed by atoms with E-state index in [0.29, 0.717) is 0 Å². The molecule has 5 rings (SSSR count). The number of nitrogens with zero attached hydrogens (tertiary/aromatic N) is 5. The van der Waals surface area contributed by atoms with E-state index in [9.17, 15) is 4.39 Å². The predicted molar refractivity (Wildman–Crippen MR) is 111 cm³/mol. The Morgan fingerprint density at radius 1 is 1.17 bits per heavy atom. The maximum atomic E-state index is 13.2. The number of fused-ring (bicyclic) bond motifs is 1. The molecular weight excluding hydrogens is 385 g/mol. The molecule has 0 amide bonds. The molecule has 0 saturated heterocycles. The zero-order valence-corrected chi connectivity index (χ0v) is 16.9. The summed E-state index contributed by atoms with van der Waals surface area (Å²) < 4.78 is 15.0. The topological polar surface area (TPSA) is 46.8 Å². The molecule has 4 aromatic rings. The molecule has 0 fully saturated rings. The lowest BCUT2D eigenvalue weighted by molar-refractivity contribution is 0.242. The van der Waals surface area contributed by atoms with Crippen molar-refractivity contribution >= 4 is 11.3 Å². The second kappa shape index (κ2) is 7.50. The highest BCUT2D eigenvalue weighted by molar-refractivity contribution is 7.13. The summed E-state index contributed by atoms with van der Waals surface area (Å²) in [6.45, 7) is 4.62. The summed E-state index contributed by atoms with van der Waals surface area (Å²) in [5, 5.41) is 6.65. The first-order chi connectivity index (χ1) is 14.2. The van der Waals surface area contributed by atoms with Crippen LogP contribution < -0.4 is 0 Å². The molecule has 146 valence electrons. The van der Waals surface area contributed by atoms with Gasteiger partial charge >= 0.3 is 0 Å². The molecule has 1 aromatic carbocycles. The standard InChI is InChI=1S/C22H20FN5S/c1-15-17(14-28(26-15)19-6-4-18(23)5-7-19)13-27-9-8-20-16(12-27)11-24-22(25-20)21-3-2-10-29-21/h2-7,10-11,14H,8-9,12-13H2,1H3. The van der Waals surface area contributed by atoms with Crippen molar-refractivity contribution in [2.75, 3.05) is 6.54 Å². The van der Waals surface area contributed by atoms with Crippen molar-refractivity contribution in [2.24, 2.45) is 0 Å². The van der Waals surface area contributed by atoms with E-state index in [0.717, 1.165) is 53.8 Å². The first-order valence-electron chi connectivity index (χ1n) is 9.58. The highest BCUT2D eigenvalue weighted by atomic mass is 32.1. The Bertz CT molecular complexity index is 1130. The van der Waals surface area contributed by atoms with Crippen LogP contribution in [-0.4, -0.2) is 31.2 Å². The van der Waals surface area contributed by atoms with Crippen LogP contribution in [0.15, 0.2) is 54.2 Å². The Labute approximate surface area is 172 Å². The summed E-state index contributed by atoms with van der Waals surface area (Å²) in [6.07, 6.45) is 4.92. The second-order valence-corrected chi connectivity index (χ2v) is 8.21. The van der Waals surface area contributed by atoms with Crippen LogP contribution in [0, 0.1) is 12.7 Å². The number of hydrogen-bond donors (Lipinski definition) is 0. The summed E-state index contributed by atoms with van der Waals surface area (Å²) in [6, 6.07) is 10.5. The van der Waals surface area contributed by atoms with Crippen LogP contribution in [0.2, 0.25) is 0 Å². The average molecular weight is 406 g/mol. The molecule has 0 spiro atoms. The van der Waals surface area contributed by atoms with E-state index in [1.165, 1.54) is 23.3 Å². The minimum Gasteiger partial charge on any atom is -0.294 e. The molecule has 0 unspecified atom stereocenters. The van der Waals surface area contributed by atoms with E-state index in [1.54, 1.807) is 23.5 Å². The van der Waals surface area contributed by atoms with Crippen LogP contribution in [0.25, 0.3) is 16.4 Å². The fraction of sp³-hybridized carbons (Fsp3) is 0.227. The van der Waals surface area contributed by atoms with Gasteiger partial charge in [0.2, 0.25) is 0 Å². The summed E-state index contributed by atoms with van der Waals surface area (Å²) in [5.41, 5.74) is 5.37. The molecule has 4 heterocycles. The van der Waals surface area contributed by atoms with E-state index in [4.69, 9.17) is 4.98 Å². The Balaban J connectivity index is 1.32. The van der Waals surface area contributed by atoms with Crippen LogP contribution in [0.4, 0.5) is 4.39 Å². The SMILES string of the molecule is Cc1nn(-c2ccc(F)cc2)cc1CN1CCc2nc(-c3cccs3)ncc2C1. The number of halogens is 1. The van der Waals surface area contributed by atoms with Gasteiger partial charge in [-0.1, -0.05) is 6.07 Å². The molecule has 5 nitrogen and oxygen atoms in total. The van der Waals surface area contributed by atoms with Crippen LogP contribution in [0.1, 0.15) is 22.5 Å². The average Bonchev–Trinajstić information content (AvgIpc) is 3.39. The van der Waals surface area contributed by atoms with Gasteiger partial charge in [-0.25, -0.2) is 19.0 Å². The van der Waals surface area contributed by atoms with Gasteiger partial charge in [0.25, 0.3) is 0 Å². The van der Waals surface area contributed by atoms with Gasteiger partial charge in [0, 0.05) is 49.6 Å². The van der Waals surface area contributed by atoms with E-state index in [-0.39, 0.29) is 5.82 Å². The molecule has 0 bridgehead atoms. The number of benzene rings is 1. The monoisotopic (exact) mass is 405 g/mol. The maximum absolute atomic E-state index is 13.2. The first kappa shape index (κ1) is 18.1. The van der Waals surface area contributed by atoms with Crippen LogP contribution in [0.5, 0.6) is 0 Å². The molecule has 7 heteroatoms. The number of rotatable bonds is 4. The van der Waals surface area contributed by atoms with E-state index in [2.05, 4.69) is 21.0 Å². The quantitative estimate of drug-likeness (QED) is 0.505. The van der Waals surface area contributed by atoms with Crippen molar-refractivity contribution in [3.05, 3.63) is 82.5 Å². The van der Waals surface area contributed by atoms with Crippen molar-refractivity contribution < 1.29 is 4.39 Å². The van der Waals surface area contributed by atoms with Crippen LogP contribution >= 0.6 is 11.3 Å². The first-order valence-corrected chi connectivity index (χ1v) is 10.5. The molecule has 0 aliphatic carbocycles. The lowest BCUT2D eigenvalue weighted by atomic mass is 10.1. The summed E-state index contributed by atoms with van der Waals surface area (Å²) in [5.74, 6) is 0.581. The zero-order chi connectivity index (χ0) is 19.8. The van der Waals surface area contributed by atoms with Gasteiger partial charge in [0.05, 0.1) is 22.0 Å². The third kappa shape index (κ3) is 3.71. The lowest BCUT2D eigenvalue weighted by Gasteiger charge is -2.27. The molecule has 29 heavy (non-hydrogen) atoms. The minimum atomic E-state index is -0.241. The summed E-state index contributed by atoms with van der Waals surface area (Å²) >= 11 is 1.67. The Kier molecular flexibility index (Phi) is 4.69. The minimum absolute atomic E-state index is 0.241. The fourth-order valence-electron chi connectivity index (χ4n) is 3.65. The lowest BCUT2D eigenvalue weighted by Crippen LogP contribution is -2.31. The van der Waals surface area contributed by atoms with Gasteiger partial charge in [-0.05, 0) is 42.6 Å². The molecule has 1 aliphatic rings. The largest absolute Gasteiger partial charge is 0.294 e. The van der Waals surface area contributed by atoms with Gasteiger partial charge in [-0.2, -0.15) is 5.10 Å². The molecular formula is C22H20FN5S. The highest BCUT2D eigenvalue weighted by Gasteiger charge is 2.20. The number of hydrogen-bond acceptors (Lipinski definition) is 5.